The van der Waals surface area contributed by atoms with Crippen LogP contribution in [0.3, 0.4) is 0 Å². The van der Waals surface area contributed by atoms with Gasteiger partial charge in [-0.3, -0.25) is 9.59 Å². The van der Waals surface area contributed by atoms with Crippen LogP contribution in [0, 0.1) is 13.8 Å². The van der Waals surface area contributed by atoms with Gasteiger partial charge >= 0.3 is 5.97 Å². The van der Waals surface area contributed by atoms with E-state index in [0.717, 1.165) is 22.6 Å². The zero-order chi connectivity index (χ0) is 21.5. The number of carbonyl (C=O) groups is 2. The molecule has 154 valence electrons. The van der Waals surface area contributed by atoms with Gasteiger partial charge in [0.1, 0.15) is 0 Å². The van der Waals surface area contributed by atoms with Crippen LogP contribution < -0.4 is 10.6 Å². The number of aryl methyl sites for hydroxylation is 2. The average Bonchev–Trinajstić information content (AvgIpc) is 2.69. The molecule has 1 heterocycles. The van der Waals surface area contributed by atoms with E-state index in [1.54, 1.807) is 55.5 Å². The van der Waals surface area contributed by atoms with Crippen LogP contribution in [0.1, 0.15) is 34.2 Å². The largest absolute Gasteiger partial charge is 0.466 e. The third-order valence-electron chi connectivity index (χ3n) is 4.25. The third kappa shape index (κ3) is 5.88. The quantitative estimate of drug-likeness (QED) is 0.574. The van der Waals surface area contributed by atoms with Crippen molar-refractivity contribution in [3.63, 3.8) is 0 Å². The van der Waals surface area contributed by atoms with Crippen LogP contribution in [0.4, 0.5) is 17.3 Å². The van der Waals surface area contributed by atoms with E-state index in [0.29, 0.717) is 23.8 Å². The second-order valence-corrected chi connectivity index (χ2v) is 6.81. The van der Waals surface area contributed by atoms with Gasteiger partial charge in [-0.1, -0.05) is 12.1 Å². The number of hydrogen-bond acceptors (Lipinski definition) is 6. The molecule has 0 saturated heterocycles. The zero-order valence-electron chi connectivity index (χ0n) is 17.2. The number of hydrogen-bond donors (Lipinski definition) is 2. The van der Waals surface area contributed by atoms with Crippen molar-refractivity contribution in [2.75, 3.05) is 17.2 Å². The maximum Gasteiger partial charge on any atom is 0.310 e. The molecule has 30 heavy (non-hydrogen) atoms. The van der Waals surface area contributed by atoms with E-state index in [2.05, 4.69) is 20.6 Å². The highest BCUT2D eigenvalue weighted by molar-refractivity contribution is 6.04. The Morgan fingerprint density at radius 1 is 0.900 bits per heavy atom. The Kier molecular flexibility index (Phi) is 6.75. The highest BCUT2D eigenvalue weighted by Gasteiger charge is 2.08. The summed E-state index contributed by atoms with van der Waals surface area (Å²) in [7, 11) is 0. The Morgan fingerprint density at radius 2 is 1.50 bits per heavy atom. The molecule has 0 aliphatic heterocycles. The summed E-state index contributed by atoms with van der Waals surface area (Å²) in [5.41, 5.74) is 4.56. The van der Waals surface area contributed by atoms with Crippen molar-refractivity contribution in [2.24, 2.45) is 0 Å². The molecule has 0 radical (unpaired) electrons. The third-order valence-corrected chi connectivity index (χ3v) is 4.25. The van der Waals surface area contributed by atoms with E-state index in [9.17, 15) is 9.59 Å². The number of rotatable bonds is 7. The summed E-state index contributed by atoms with van der Waals surface area (Å²) in [6.45, 7) is 5.96. The first-order chi connectivity index (χ1) is 14.4. The monoisotopic (exact) mass is 404 g/mol. The van der Waals surface area contributed by atoms with E-state index in [4.69, 9.17) is 4.74 Å². The van der Waals surface area contributed by atoms with Gasteiger partial charge in [0, 0.05) is 28.3 Å². The van der Waals surface area contributed by atoms with Gasteiger partial charge in [0.15, 0.2) is 0 Å². The normalized spacial score (nSPS) is 10.4. The topological polar surface area (TPSA) is 93.2 Å². The van der Waals surface area contributed by atoms with Crippen LogP contribution in [-0.4, -0.2) is 28.5 Å². The van der Waals surface area contributed by atoms with E-state index in [-0.39, 0.29) is 18.3 Å². The maximum atomic E-state index is 12.5. The number of carbonyl (C=O) groups excluding carboxylic acids is 2. The van der Waals surface area contributed by atoms with Crippen molar-refractivity contribution in [3.05, 3.63) is 77.1 Å². The highest BCUT2D eigenvalue weighted by Crippen LogP contribution is 2.17. The van der Waals surface area contributed by atoms with Crippen LogP contribution in [0.2, 0.25) is 0 Å². The van der Waals surface area contributed by atoms with E-state index in [1.807, 2.05) is 19.9 Å². The van der Waals surface area contributed by atoms with Gasteiger partial charge in [-0.2, -0.15) is 0 Å². The van der Waals surface area contributed by atoms with Crippen molar-refractivity contribution < 1.29 is 14.3 Å². The van der Waals surface area contributed by atoms with Gasteiger partial charge in [0.2, 0.25) is 5.95 Å². The molecule has 3 aromatic rings. The zero-order valence-corrected chi connectivity index (χ0v) is 17.2. The van der Waals surface area contributed by atoms with Crippen molar-refractivity contribution >= 4 is 29.2 Å². The lowest BCUT2D eigenvalue weighted by Crippen LogP contribution is -2.12. The second kappa shape index (κ2) is 9.65. The molecule has 0 spiro atoms. The molecule has 2 N–H and O–H groups in total. The lowest BCUT2D eigenvalue weighted by Gasteiger charge is -2.09. The minimum atomic E-state index is -0.269. The minimum absolute atomic E-state index is 0.209. The number of nitrogens with zero attached hydrogens (tertiary/aromatic N) is 2. The van der Waals surface area contributed by atoms with Crippen LogP contribution in [-0.2, 0) is 16.0 Å². The first kappa shape index (κ1) is 21.0. The number of aromatic nitrogens is 2. The Hall–Kier alpha value is -3.74. The van der Waals surface area contributed by atoms with Gasteiger partial charge in [-0.05, 0) is 68.8 Å². The molecule has 1 aromatic heterocycles. The molecule has 0 atom stereocenters. The summed E-state index contributed by atoms with van der Waals surface area (Å²) in [5.74, 6) is 0.0316. The van der Waals surface area contributed by atoms with Crippen LogP contribution >= 0.6 is 0 Å². The molecule has 0 saturated carbocycles. The number of amides is 1. The van der Waals surface area contributed by atoms with Crippen molar-refractivity contribution in [1.29, 1.82) is 0 Å². The van der Waals surface area contributed by atoms with Gasteiger partial charge in [-0.25, -0.2) is 9.97 Å². The fourth-order valence-electron chi connectivity index (χ4n) is 2.90. The molecule has 7 nitrogen and oxygen atoms in total. The molecule has 0 bridgehead atoms. The molecule has 0 fully saturated rings. The molecule has 7 heteroatoms. The minimum Gasteiger partial charge on any atom is -0.466 e. The number of esters is 1. The SMILES string of the molecule is CCOC(=O)Cc1ccc(NC(=O)c2ccc(Nc3nc(C)cc(C)n3)cc2)cc1. The molecule has 1 amide bonds. The molecular weight excluding hydrogens is 380 g/mol. The first-order valence-corrected chi connectivity index (χ1v) is 9.68. The predicted octanol–water partition coefficient (Wildman–Crippen LogP) is 4.19. The standard InChI is InChI=1S/C23H24N4O3/c1-4-30-21(28)14-17-5-9-19(10-6-17)26-22(29)18-7-11-20(12-8-18)27-23-24-15(2)13-16(3)25-23/h5-13H,4,14H2,1-3H3,(H,26,29)(H,24,25,27). The Balaban J connectivity index is 1.59. The van der Waals surface area contributed by atoms with E-state index >= 15 is 0 Å². The predicted molar refractivity (Wildman–Crippen MR) is 116 cm³/mol. The van der Waals surface area contributed by atoms with Gasteiger partial charge in [0.25, 0.3) is 5.91 Å². The van der Waals surface area contributed by atoms with Gasteiger partial charge < -0.3 is 15.4 Å². The number of nitrogens with one attached hydrogen (secondary N) is 2. The van der Waals surface area contributed by atoms with Gasteiger partial charge in [-0.15, -0.1) is 0 Å². The lowest BCUT2D eigenvalue weighted by molar-refractivity contribution is -0.142. The molecule has 0 aliphatic carbocycles. The van der Waals surface area contributed by atoms with Crippen molar-refractivity contribution in [2.45, 2.75) is 27.2 Å². The highest BCUT2D eigenvalue weighted by atomic mass is 16.5. The maximum absolute atomic E-state index is 12.5. The fraction of sp³-hybridized carbons (Fsp3) is 0.217. The number of ether oxygens (including phenoxy) is 1. The fourth-order valence-corrected chi connectivity index (χ4v) is 2.90. The summed E-state index contributed by atoms with van der Waals surface area (Å²) in [5, 5.41) is 5.99. The molecular formula is C23H24N4O3. The van der Waals surface area contributed by atoms with E-state index < -0.39 is 0 Å². The summed E-state index contributed by atoms with van der Waals surface area (Å²) < 4.78 is 4.94. The summed E-state index contributed by atoms with van der Waals surface area (Å²) in [4.78, 5) is 32.7. The average molecular weight is 404 g/mol. The smallest absolute Gasteiger partial charge is 0.310 e. The molecule has 3 rings (SSSR count). The van der Waals surface area contributed by atoms with Crippen LogP contribution in [0.25, 0.3) is 0 Å². The first-order valence-electron chi connectivity index (χ1n) is 9.68. The van der Waals surface area contributed by atoms with Crippen LogP contribution in [0.5, 0.6) is 0 Å². The van der Waals surface area contributed by atoms with Crippen molar-refractivity contribution in [3.8, 4) is 0 Å². The van der Waals surface area contributed by atoms with Crippen molar-refractivity contribution in [1.82, 2.24) is 9.97 Å². The van der Waals surface area contributed by atoms with E-state index in [1.165, 1.54) is 0 Å². The number of benzene rings is 2. The Morgan fingerprint density at radius 3 is 2.10 bits per heavy atom. The summed E-state index contributed by atoms with van der Waals surface area (Å²) in [6, 6.07) is 16.1. The Bertz CT molecular complexity index is 1010. The summed E-state index contributed by atoms with van der Waals surface area (Å²) >= 11 is 0. The molecule has 0 aliphatic rings. The Labute approximate surface area is 175 Å². The van der Waals surface area contributed by atoms with Gasteiger partial charge in [0.05, 0.1) is 13.0 Å². The number of anilines is 3. The molecule has 0 unspecified atom stereocenters. The van der Waals surface area contributed by atoms with Crippen LogP contribution in [0.15, 0.2) is 54.6 Å². The second-order valence-electron chi connectivity index (χ2n) is 6.81. The summed E-state index contributed by atoms with van der Waals surface area (Å²) in [6.07, 6.45) is 0.209. The molecule has 2 aromatic carbocycles. The lowest BCUT2D eigenvalue weighted by atomic mass is 10.1.